The second kappa shape index (κ2) is 11.1. The first kappa shape index (κ1) is 21.5. The Morgan fingerprint density at radius 3 is 2.29 bits per heavy atom. The topological polar surface area (TPSA) is 58.6 Å². The van der Waals surface area contributed by atoms with Gasteiger partial charge in [-0.1, -0.05) is 56.3 Å². The molecule has 0 aromatic heterocycles. The number of rotatable bonds is 10. The first-order valence-electron chi connectivity index (χ1n) is 9.88. The Hall–Kier alpha value is -2.82. The van der Waals surface area contributed by atoms with Crippen LogP contribution in [0.2, 0.25) is 0 Å². The first-order valence-corrected chi connectivity index (χ1v) is 9.88. The molecule has 0 aliphatic rings. The van der Waals surface area contributed by atoms with Crippen molar-refractivity contribution in [2.45, 2.75) is 46.2 Å². The average Bonchev–Trinajstić information content (AvgIpc) is 2.74. The van der Waals surface area contributed by atoms with Crippen LogP contribution in [0.1, 0.15) is 38.3 Å². The predicted octanol–water partition coefficient (Wildman–Crippen LogP) is 3.57. The van der Waals surface area contributed by atoms with Crippen molar-refractivity contribution >= 4 is 11.8 Å². The van der Waals surface area contributed by atoms with Crippen molar-refractivity contribution in [2.75, 3.05) is 13.2 Å². The lowest BCUT2D eigenvalue weighted by Gasteiger charge is -2.28. The van der Waals surface area contributed by atoms with Crippen molar-refractivity contribution in [3.8, 4) is 5.75 Å². The Bertz CT molecular complexity index is 744. The van der Waals surface area contributed by atoms with E-state index in [4.69, 9.17) is 4.74 Å². The van der Waals surface area contributed by atoms with Gasteiger partial charge in [-0.05, 0) is 43.0 Å². The van der Waals surface area contributed by atoms with Gasteiger partial charge in [0.1, 0.15) is 11.8 Å². The summed E-state index contributed by atoms with van der Waals surface area (Å²) in [6, 6.07) is 16.8. The Kier molecular flexibility index (Phi) is 8.53. The number of aryl methyl sites for hydroxylation is 1. The van der Waals surface area contributed by atoms with Gasteiger partial charge in [0, 0.05) is 13.1 Å². The molecule has 0 bridgehead atoms. The fourth-order valence-corrected chi connectivity index (χ4v) is 2.81. The van der Waals surface area contributed by atoms with Crippen LogP contribution in [0, 0.1) is 0 Å². The maximum Gasteiger partial charge on any atom is 0.261 e. The minimum Gasteiger partial charge on any atom is -0.484 e. The van der Waals surface area contributed by atoms with E-state index >= 15 is 0 Å². The Labute approximate surface area is 167 Å². The van der Waals surface area contributed by atoms with Crippen LogP contribution in [0.4, 0.5) is 0 Å². The predicted molar refractivity (Wildman–Crippen MR) is 111 cm³/mol. The van der Waals surface area contributed by atoms with Crippen LogP contribution >= 0.6 is 0 Å². The molecule has 2 amide bonds. The molecule has 0 radical (unpaired) electrons. The number of carbonyl (C=O) groups excluding carboxylic acids is 2. The minimum atomic E-state index is -0.578. The summed E-state index contributed by atoms with van der Waals surface area (Å²) < 4.78 is 5.67. The third-order valence-corrected chi connectivity index (χ3v) is 4.61. The van der Waals surface area contributed by atoms with Gasteiger partial charge >= 0.3 is 0 Å². The van der Waals surface area contributed by atoms with Crippen LogP contribution in [-0.4, -0.2) is 35.9 Å². The summed E-state index contributed by atoms with van der Waals surface area (Å²) in [5, 5.41) is 2.87. The van der Waals surface area contributed by atoms with Gasteiger partial charge < -0.3 is 15.0 Å². The summed E-state index contributed by atoms with van der Waals surface area (Å²) in [7, 11) is 0. The number of nitrogens with zero attached hydrogens (tertiary/aromatic N) is 1. The maximum atomic E-state index is 12.9. The molecule has 2 aromatic rings. The number of carbonyl (C=O) groups is 2. The van der Waals surface area contributed by atoms with E-state index in [-0.39, 0.29) is 18.4 Å². The SMILES string of the molecule is CCCNC(=O)C(C)N(Cc1ccccc1)C(=O)COc1ccc(CC)cc1. The monoisotopic (exact) mass is 382 g/mol. The largest absolute Gasteiger partial charge is 0.484 e. The zero-order valence-corrected chi connectivity index (χ0v) is 17.0. The van der Waals surface area contributed by atoms with E-state index in [1.165, 1.54) is 5.56 Å². The van der Waals surface area contributed by atoms with Crippen LogP contribution in [0.15, 0.2) is 54.6 Å². The highest BCUT2D eigenvalue weighted by atomic mass is 16.5. The van der Waals surface area contributed by atoms with Gasteiger partial charge in [0.25, 0.3) is 5.91 Å². The summed E-state index contributed by atoms with van der Waals surface area (Å²) in [6.45, 7) is 6.68. The van der Waals surface area contributed by atoms with Crippen molar-refractivity contribution in [1.29, 1.82) is 0 Å². The van der Waals surface area contributed by atoms with Crippen LogP contribution in [0.5, 0.6) is 5.75 Å². The number of hydrogen-bond donors (Lipinski definition) is 1. The molecule has 0 fully saturated rings. The van der Waals surface area contributed by atoms with Gasteiger partial charge in [-0.15, -0.1) is 0 Å². The molecule has 5 heteroatoms. The summed E-state index contributed by atoms with van der Waals surface area (Å²) in [6.07, 6.45) is 1.80. The highest BCUT2D eigenvalue weighted by molar-refractivity contribution is 5.87. The van der Waals surface area contributed by atoms with Crippen molar-refractivity contribution in [3.63, 3.8) is 0 Å². The zero-order chi connectivity index (χ0) is 20.4. The summed E-state index contributed by atoms with van der Waals surface area (Å²) in [5.41, 5.74) is 2.18. The first-order chi connectivity index (χ1) is 13.5. The number of hydrogen-bond acceptors (Lipinski definition) is 3. The molecule has 0 saturated carbocycles. The van der Waals surface area contributed by atoms with Crippen molar-refractivity contribution < 1.29 is 14.3 Å². The fourth-order valence-electron chi connectivity index (χ4n) is 2.81. The van der Waals surface area contributed by atoms with Gasteiger partial charge in [0.2, 0.25) is 5.91 Å². The van der Waals surface area contributed by atoms with Gasteiger partial charge in [0.05, 0.1) is 0 Å². The van der Waals surface area contributed by atoms with E-state index in [9.17, 15) is 9.59 Å². The van der Waals surface area contributed by atoms with E-state index in [1.807, 2.05) is 61.5 Å². The summed E-state index contributed by atoms with van der Waals surface area (Å²) >= 11 is 0. The molecule has 0 aliphatic heterocycles. The van der Waals surface area contributed by atoms with Gasteiger partial charge in [-0.25, -0.2) is 0 Å². The number of nitrogens with one attached hydrogen (secondary N) is 1. The lowest BCUT2D eigenvalue weighted by Crippen LogP contribution is -2.49. The number of amides is 2. The molecular formula is C23H30N2O3. The molecule has 1 unspecified atom stereocenters. The highest BCUT2D eigenvalue weighted by Crippen LogP contribution is 2.14. The molecule has 2 aromatic carbocycles. The van der Waals surface area contributed by atoms with Crippen molar-refractivity contribution in [2.24, 2.45) is 0 Å². The molecule has 150 valence electrons. The van der Waals surface area contributed by atoms with E-state index < -0.39 is 6.04 Å². The molecule has 0 spiro atoms. The molecule has 0 aliphatic carbocycles. The molecule has 0 heterocycles. The normalized spacial score (nSPS) is 11.5. The van der Waals surface area contributed by atoms with Gasteiger partial charge in [-0.3, -0.25) is 9.59 Å². The van der Waals surface area contributed by atoms with E-state index in [1.54, 1.807) is 11.8 Å². The van der Waals surface area contributed by atoms with Crippen molar-refractivity contribution in [3.05, 3.63) is 65.7 Å². The van der Waals surface area contributed by atoms with Crippen LogP contribution in [0.25, 0.3) is 0 Å². The van der Waals surface area contributed by atoms with Crippen molar-refractivity contribution in [1.82, 2.24) is 10.2 Å². The average molecular weight is 383 g/mol. The van der Waals surface area contributed by atoms with Crippen LogP contribution in [0.3, 0.4) is 0 Å². The van der Waals surface area contributed by atoms with Gasteiger partial charge in [0.15, 0.2) is 6.61 Å². The molecule has 28 heavy (non-hydrogen) atoms. The lowest BCUT2D eigenvalue weighted by molar-refractivity contribution is -0.142. The Balaban J connectivity index is 2.07. The molecule has 1 N–H and O–H groups in total. The second-order valence-corrected chi connectivity index (χ2v) is 6.76. The highest BCUT2D eigenvalue weighted by Gasteiger charge is 2.26. The third kappa shape index (κ3) is 6.41. The Morgan fingerprint density at radius 2 is 1.68 bits per heavy atom. The van der Waals surface area contributed by atoms with Gasteiger partial charge in [-0.2, -0.15) is 0 Å². The molecule has 5 nitrogen and oxygen atoms in total. The van der Waals surface area contributed by atoms with E-state index in [0.717, 1.165) is 18.4 Å². The molecule has 0 saturated heterocycles. The second-order valence-electron chi connectivity index (χ2n) is 6.76. The molecule has 1 atom stereocenters. The maximum absolute atomic E-state index is 12.9. The van der Waals surface area contributed by atoms with Crippen LogP contribution < -0.4 is 10.1 Å². The van der Waals surface area contributed by atoms with E-state index in [2.05, 4.69) is 12.2 Å². The number of ether oxygens (including phenoxy) is 1. The minimum absolute atomic E-state index is 0.107. The molecule has 2 rings (SSSR count). The van der Waals surface area contributed by atoms with E-state index in [0.29, 0.717) is 18.8 Å². The summed E-state index contributed by atoms with van der Waals surface area (Å²) in [5.74, 6) is 0.272. The summed E-state index contributed by atoms with van der Waals surface area (Å²) in [4.78, 5) is 26.9. The fraction of sp³-hybridized carbons (Fsp3) is 0.391. The third-order valence-electron chi connectivity index (χ3n) is 4.61. The quantitative estimate of drug-likeness (QED) is 0.683. The number of benzene rings is 2. The smallest absolute Gasteiger partial charge is 0.261 e. The zero-order valence-electron chi connectivity index (χ0n) is 17.0. The molecular weight excluding hydrogens is 352 g/mol. The van der Waals surface area contributed by atoms with Crippen LogP contribution in [-0.2, 0) is 22.6 Å². The standard InChI is InChI=1S/C23H30N2O3/c1-4-15-24-23(27)18(3)25(16-20-9-7-6-8-10-20)22(26)17-28-21-13-11-19(5-2)12-14-21/h6-14,18H,4-5,15-17H2,1-3H3,(H,24,27). The Morgan fingerprint density at radius 1 is 1.00 bits per heavy atom. The lowest BCUT2D eigenvalue weighted by atomic mass is 10.1.